The number of rotatable bonds is 3. The average molecular weight is 302 g/mol. The molecule has 1 N–H and O–H groups in total. The van der Waals surface area contributed by atoms with Gasteiger partial charge < -0.3 is 15.0 Å². The van der Waals surface area contributed by atoms with E-state index in [4.69, 9.17) is 0 Å². The van der Waals surface area contributed by atoms with Crippen LogP contribution in [0.1, 0.15) is 12.5 Å². The van der Waals surface area contributed by atoms with E-state index in [2.05, 4.69) is 10.1 Å². The lowest BCUT2D eigenvalue weighted by Gasteiger charge is -2.32. The van der Waals surface area contributed by atoms with Crippen LogP contribution in [0.15, 0.2) is 24.3 Å². The molecule has 1 fully saturated rings. The minimum atomic E-state index is -4.73. The summed E-state index contributed by atoms with van der Waals surface area (Å²) in [5, 5.41) is 3.23. The third-order valence-corrected chi connectivity index (χ3v) is 3.21. The zero-order chi connectivity index (χ0) is 15.5. The second-order valence-electron chi connectivity index (χ2n) is 5.07. The van der Waals surface area contributed by atoms with E-state index in [9.17, 15) is 18.0 Å². The molecule has 1 atom stereocenters. The number of benzene rings is 1. The first-order valence-electron chi connectivity index (χ1n) is 6.69. The molecule has 1 aromatic rings. The fourth-order valence-corrected chi connectivity index (χ4v) is 2.30. The van der Waals surface area contributed by atoms with Gasteiger partial charge >= 0.3 is 6.36 Å². The Hall–Kier alpha value is -1.76. The molecule has 1 heterocycles. The highest BCUT2D eigenvalue weighted by molar-refractivity contribution is 5.79. The molecule has 1 saturated heterocycles. The zero-order valence-corrected chi connectivity index (χ0v) is 11.6. The molecule has 7 heteroatoms. The van der Waals surface area contributed by atoms with Gasteiger partial charge in [0.15, 0.2) is 0 Å². The lowest BCUT2D eigenvalue weighted by molar-refractivity contribution is -0.274. The Labute approximate surface area is 120 Å². The number of hydrogen-bond acceptors (Lipinski definition) is 3. The van der Waals surface area contributed by atoms with Crippen molar-refractivity contribution >= 4 is 5.91 Å². The van der Waals surface area contributed by atoms with Gasteiger partial charge in [0.05, 0.1) is 6.42 Å². The van der Waals surface area contributed by atoms with Crippen LogP contribution >= 0.6 is 0 Å². The van der Waals surface area contributed by atoms with Gasteiger partial charge in [0.25, 0.3) is 0 Å². The van der Waals surface area contributed by atoms with E-state index in [1.165, 1.54) is 18.2 Å². The molecule has 0 aromatic heterocycles. The summed E-state index contributed by atoms with van der Waals surface area (Å²) in [6.07, 6.45) is -4.65. The first-order valence-corrected chi connectivity index (χ1v) is 6.69. The van der Waals surface area contributed by atoms with Gasteiger partial charge in [-0.25, -0.2) is 0 Å². The summed E-state index contributed by atoms with van der Waals surface area (Å²) in [4.78, 5) is 13.9. The lowest BCUT2D eigenvalue weighted by Crippen LogP contribution is -2.51. The molecule has 1 aromatic carbocycles. The molecule has 0 spiro atoms. The fraction of sp³-hybridized carbons (Fsp3) is 0.500. The number of halogens is 3. The maximum Gasteiger partial charge on any atom is 0.573 e. The molecule has 1 amide bonds. The molecule has 1 aliphatic rings. The molecule has 0 radical (unpaired) electrons. The number of hydrogen-bond donors (Lipinski definition) is 1. The minimum absolute atomic E-state index is 0.0712. The first-order chi connectivity index (χ1) is 9.83. The van der Waals surface area contributed by atoms with Crippen molar-refractivity contribution in [3.63, 3.8) is 0 Å². The van der Waals surface area contributed by atoms with Crippen molar-refractivity contribution < 1.29 is 22.7 Å². The van der Waals surface area contributed by atoms with Crippen LogP contribution in [0.2, 0.25) is 0 Å². The Morgan fingerprint density at radius 2 is 2.24 bits per heavy atom. The highest BCUT2D eigenvalue weighted by atomic mass is 19.4. The van der Waals surface area contributed by atoms with Gasteiger partial charge in [-0.3, -0.25) is 4.79 Å². The summed E-state index contributed by atoms with van der Waals surface area (Å²) in [5.41, 5.74) is 0.507. The number of piperazine rings is 1. The third-order valence-electron chi connectivity index (χ3n) is 3.21. The highest BCUT2D eigenvalue weighted by Crippen LogP contribution is 2.23. The summed E-state index contributed by atoms with van der Waals surface area (Å²) in [6, 6.07) is 5.75. The molecule has 0 unspecified atom stereocenters. The molecular weight excluding hydrogens is 285 g/mol. The second-order valence-corrected chi connectivity index (χ2v) is 5.07. The van der Waals surface area contributed by atoms with E-state index in [-0.39, 0.29) is 24.1 Å². The average Bonchev–Trinajstić information content (AvgIpc) is 2.37. The molecule has 21 heavy (non-hydrogen) atoms. The Morgan fingerprint density at radius 3 is 2.90 bits per heavy atom. The number of nitrogens with zero attached hydrogens (tertiary/aromatic N) is 1. The van der Waals surface area contributed by atoms with Crippen molar-refractivity contribution in [2.45, 2.75) is 25.7 Å². The standard InChI is InChI=1S/C14H17F3N2O2/c1-10-9-19(6-5-18-10)13(20)8-11-3-2-4-12(7-11)21-14(15,16)17/h2-4,7,10,18H,5-6,8-9H2,1H3/t10-/m0/s1. The lowest BCUT2D eigenvalue weighted by atomic mass is 10.1. The van der Waals surface area contributed by atoms with Crippen LogP contribution in [-0.4, -0.2) is 42.8 Å². The fourth-order valence-electron chi connectivity index (χ4n) is 2.30. The van der Waals surface area contributed by atoms with Crippen LogP contribution in [-0.2, 0) is 11.2 Å². The topological polar surface area (TPSA) is 41.6 Å². The van der Waals surface area contributed by atoms with Gasteiger partial charge in [-0.1, -0.05) is 12.1 Å². The summed E-state index contributed by atoms with van der Waals surface area (Å²) < 4.78 is 40.3. The van der Waals surface area contributed by atoms with Crippen LogP contribution in [0.5, 0.6) is 5.75 Å². The third kappa shape index (κ3) is 4.93. The van der Waals surface area contributed by atoms with Crippen molar-refractivity contribution in [3.8, 4) is 5.75 Å². The summed E-state index contributed by atoms with van der Waals surface area (Å²) in [5.74, 6) is -0.394. The largest absolute Gasteiger partial charge is 0.573 e. The van der Waals surface area contributed by atoms with Crippen LogP contribution < -0.4 is 10.1 Å². The van der Waals surface area contributed by atoms with Gasteiger partial charge in [0.1, 0.15) is 5.75 Å². The summed E-state index contributed by atoms with van der Waals surface area (Å²) >= 11 is 0. The van der Waals surface area contributed by atoms with Gasteiger partial charge in [0.2, 0.25) is 5.91 Å². The van der Waals surface area contributed by atoms with Gasteiger partial charge in [-0.15, -0.1) is 13.2 Å². The number of ether oxygens (including phenoxy) is 1. The van der Waals surface area contributed by atoms with Crippen molar-refractivity contribution in [1.29, 1.82) is 0 Å². The summed E-state index contributed by atoms with van der Waals surface area (Å²) in [6.45, 7) is 3.93. The number of nitrogens with one attached hydrogen (secondary N) is 1. The van der Waals surface area contributed by atoms with E-state index in [0.717, 1.165) is 6.54 Å². The molecule has 2 rings (SSSR count). The SMILES string of the molecule is C[C@H]1CN(C(=O)Cc2cccc(OC(F)(F)F)c2)CCN1. The van der Waals surface area contributed by atoms with Crippen molar-refractivity contribution in [2.24, 2.45) is 0 Å². The van der Waals surface area contributed by atoms with Crippen LogP contribution in [0, 0.1) is 0 Å². The number of carbonyl (C=O) groups is 1. The maximum atomic E-state index is 12.2. The predicted molar refractivity (Wildman–Crippen MR) is 70.9 cm³/mol. The van der Waals surface area contributed by atoms with Crippen LogP contribution in [0.3, 0.4) is 0 Å². The van der Waals surface area contributed by atoms with E-state index >= 15 is 0 Å². The number of carbonyl (C=O) groups excluding carboxylic acids is 1. The van der Waals surface area contributed by atoms with Crippen LogP contribution in [0.4, 0.5) is 13.2 Å². The van der Waals surface area contributed by atoms with Crippen molar-refractivity contribution in [3.05, 3.63) is 29.8 Å². The van der Waals surface area contributed by atoms with Crippen LogP contribution in [0.25, 0.3) is 0 Å². The van der Waals surface area contributed by atoms with Gasteiger partial charge in [-0.05, 0) is 24.6 Å². The minimum Gasteiger partial charge on any atom is -0.406 e. The molecule has 116 valence electrons. The second kappa shape index (κ2) is 6.34. The van der Waals surface area contributed by atoms with E-state index < -0.39 is 6.36 Å². The van der Waals surface area contributed by atoms with E-state index in [1.807, 2.05) is 6.92 Å². The maximum absolute atomic E-state index is 12.2. The van der Waals surface area contributed by atoms with E-state index in [0.29, 0.717) is 18.7 Å². The molecule has 0 bridgehead atoms. The number of alkyl halides is 3. The van der Waals surface area contributed by atoms with Gasteiger partial charge in [-0.2, -0.15) is 0 Å². The normalized spacial score (nSPS) is 19.4. The molecule has 4 nitrogen and oxygen atoms in total. The molecular formula is C14H17F3N2O2. The number of amides is 1. The molecule has 0 aliphatic carbocycles. The van der Waals surface area contributed by atoms with Crippen molar-refractivity contribution in [1.82, 2.24) is 10.2 Å². The van der Waals surface area contributed by atoms with Gasteiger partial charge in [0, 0.05) is 25.7 Å². The predicted octanol–water partition coefficient (Wildman–Crippen LogP) is 1.95. The monoisotopic (exact) mass is 302 g/mol. The summed E-state index contributed by atoms with van der Waals surface area (Å²) in [7, 11) is 0. The first kappa shape index (κ1) is 15.6. The Bertz CT molecular complexity index is 505. The Morgan fingerprint density at radius 1 is 1.48 bits per heavy atom. The molecule has 0 saturated carbocycles. The van der Waals surface area contributed by atoms with E-state index in [1.54, 1.807) is 11.0 Å². The Kier molecular flexibility index (Phi) is 4.72. The van der Waals surface area contributed by atoms with Crippen molar-refractivity contribution in [2.75, 3.05) is 19.6 Å². The molecule has 1 aliphatic heterocycles. The smallest absolute Gasteiger partial charge is 0.406 e. The Balaban J connectivity index is 1.99. The highest BCUT2D eigenvalue weighted by Gasteiger charge is 2.31. The zero-order valence-electron chi connectivity index (χ0n) is 11.6. The quantitative estimate of drug-likeness (QED) is 0.928.